The van der Waals surface area contributed by atoms with Crippen molar-refractivity contribution in [2.75, 3.05) is 6.54 Å². The first-order valence-electron chi connectivity index (χ1n) is 10.1. The fourth-order valence-electron chi connectivity index (χ4n) is 4.38. The maximum Gasteiger partial charge on any atom is 0.155 e. The molecular weight excluding hydrogens is 330 g/mol. The highest BCUT2D eigenvalue weighted by Gasteiger charge is 2.18. The predicted molar refractivity (Wildman–Crippen MR) is 113 cm³/mol. The quantitative estimate of drug-likeness (QED) is 0.576. The summed E-state index contributed by atoms with van der Waals surface area (Å²) in [4.78, 5) is 9.48. The van der Waals surface area contributed by atoms with Gasteiger partial charge in [-0.3, -0.25) is 4.99 Å². The van der Waals surface area contributed by atoms with Crippen LogP contribution in [0.4, 0.5) is 0 Å². The summed E-state index contributed by atoms with van der Waals surface area (Å²) in [6.07, 6.45) is 9.01. The third-order valence-corrected chi connectivity index (χ3v) is 5.95. The molecular formula is C24H25N3. The Morgan fingerprint density at radius 2 is 1.67 bits per heavy atom. The number of fused-ring (bicyclic) bond motifs is 1. The summed E-state index contributed by atoms with van der Waals surface area (Å²) >= 11 is 0. The lowest BCUT2D eigenvalue weighted by molar-refractivity contribution is 0.361. The zero-order valence-corrected chi connectivity index (χ0v) is 15.9. The molecule has 1 saturated carbocycles. The number of hydrogen-bond acceptors (Lipinski definition) is 2. The topological polar surface area (TPSA) is 29.6 Å². The van der Waals surface area contributed by atoms with Crippen molar-refractivity contribution in [2.45, 2.75) is 45.1 Å². The van der Waals surface area contributed by atoms with Gasteiger partial charge in [0.1, 0.15) is 0 Å². The predicted octanol–water partition coefficient (Wildman–Crippen LogP) is 5.70. The molecule has 0 unspecified atom stereocenters. The summed E-state index contributed by atoms with van der Waals surface area (Å²) in [6, 6.07) is 18.1. The van der Waals surface area contributed by atoms with Gasteiger partial charge in [-0.1, -0.05) is 55.2 Å². The van der Waals surface area contributed by atoms with Crippen LogP contribution in [0.25, 0.3) is 10.9 Å². The van der Waals surface area contributed by atoms with Crippen molar-refractivity contribution in [3.05, 3.63) is 71.4 Å². The van der Waals surface area contributed by atoms with E-state index in [0.29, 0.717) is 12.6 Å². The van der Waals surface area contributed by atoms with E-state index >= 15 is 0 Å². The first kappa shape index (κ1) is 16.5. The molecule has 0 amide bonds. The van der Waals surface area contributed by atoms with Crippen molar-refractivity contribution < 1.29 is 0 Å². The van der Waals surface area contributed by atoms with Crippen LogP contribution in [-0.4, -0.2) is 22.7 Å². The molecule has 3 heteroatoms. The zero-order chi connectivity index (χ0) is 18.2. The first-order chi connectivity index (χ1) is 13.3. The molecule has 5 rings (SSSR count). The molecule has 2 aromatic carbocycles. The number of aliphatic imine (C=N–C) groups is 2. The van der Waals surface area contributed by atoms with Crippen LogP contribution in [0.15, 0.2) is 64.7 Å². The Morgan fingerprint density at radius 3 is 2.48 bits per heavy atom. The number of aromatic nitrogens is 1. The summed E-state index contributed by atoms with van der Waals surface area (Å²) in [5.74, 6) is 0.852. The number of hydrogen-bond donors (Lipinski definition) is 0. The Hall–Kier alpha value is -2.68. The molecule has 3 aromatic rings. The largest absolute Gasteiger partial charge is 0.344 e. The van der Waals surface area contributed by atoms with E-state index in [9.17, 15) is 0 Å². The minimum Gasteiger partial charge on any atom is -0.344 e. The number of benzene rings is 2. The van der Waals surface area contributed by atoms with Crippen LogP contribution in [0.1, 0.15) is 54.8 Å². The normalized spacial score (nSPS) is 18.0. The fraction of sp³-hybridized carbons (Fsp3) is 0.333. The zero-order valence-electron chi connectivity index (χ0n) is 15.9. The van der Waals surface area contributed by atoms with Crippen molar-refractivity contribution >= 4 is 22.5 Å². The van der Waals surface area contributed by atoms with Crippen molar-refractivity contribution in [1.82, 2.24) is 4.57 Å². The molecule has 1 fully saturated rings. The lowest BCUT2D eigenvalue weighted by Crippen LogP contribution is -2.11. The van der Waals surface area contributed by atoms with Crippen LogP contribution in [0, 0.1) is 6.92 Å². The van der Waals surface area contributed by atoms with Gasteiger partial charge in [-0.25, -0.2) is 4.99 Å². The average molecular weight is 355 g/mol. The molecule has 2 aliphatic rings. The summed E-state index contributed by atoms with van der Waals surface area (Å²) in [5, 5.41) is 1.31. The molecule has 0 saturated heterocycles. The van der Waals surface area contributed by atoms with Gasteiger partial charge in [0.25, 0.3) is 0 Å². The van der Waals surface area contributed by atoms with E-state index in [2.05, 4.69) is 71.2 Å². The van der Waals surface area contributed by atoms with Crippen LogP contribution in [-0.2, 0) is 0 Å². The standard InChI is InChI=1S/C24H25N3/c1-17-7-9-18(10-8-17)24-25-16-22(26-24)19-11-12-23-20(15-19)13-14-27(23)21-5-3-2-4-6-21/h7-15,21H,2-6,16H2,1H3. The van der Waals surface area contributed by atoms with E-state index in [1.807, 2.05) is 0 Å². The van der Waals surface area contributed by atoms with Gasteiger partial charge >= 0.3 is 0 Å². The molecule has 1 aliphatic heterocycles. The van der Waals surface area contributed by atoms with E-state index in [1.165, 1.54) is 54.1 Å². The van der Waals surface area contributed by atoms with Crippen LogP contribution < -0.4 is 0 Å². The molecule has 0 atom stereocenters. The van der Waals surface area contributed by atoms with Crippen LogP contribution in [0.3, 0.4) is 0 Å². The van der Waals surface area contributed by atoms with Crippen molar-refractivity contribution in [3.63, 3.8) is 0 Å². The summed E-state index contributed by atoms with van der Waals surface area (Å²) < 4.78 is 2.49. The minimum absolute atomic E-state index is 0.665. The van der Waals surface area contributed by atoms with E-state index in [0.717, 1.165) is 17.1 Å². The molecule has 1 aliphatic carbocycles. The SMILES string of the molecule is Cc1ccc(C2=NCC(c3ccc4c(ccn4C4CCCCC4)c3)=N2)cc1. The van der Waals surface area contributed by atoms with Gasteiger partial charge in [0.2, 0.25) is 0 Å². The van der Waals surface area contributed by atoms with Gasteiger partial charge < -0.3 is 4.57 Å². The molecule has 2 heterocycles. The van der Waals surface area contributed by atoms with Gasteiger partial charge in [-0.05, 0) is 43.5 Å². The number of amidine groups is 1. The Labute approximate surface area is 160 Å². The third kappa shape index (κ3) is 3.12. The maximum atomic E-state index is 4.82. The molecule has 3 nitrogen and oxygen atoms in total. The molecule has 27 heavy (non-hydrogen) atoms. The summed E-state index contributed by atoms with van der Waals surface area (Å²) in [5.41, 5.74) is 5.96. The second kappa shape index (κ2) is 6.80. The minimum atomic E-state index is 0.665. The average Bonchev–Trinajstić information content (AvgIpc) is 3.36. The van der Waals surface area contributed by atoms with Gasteiger partial charge in [0.15, 0.2) is 5.84 Å². The van der Waals surface area contributed by atoms with Crippen LogP contribution >= 0.6 is 0 Å². The van der Waals surface area contributed by atoms with Crippen LogP contribution in [0.2, 0.25) is 0 Å². The van der Waals surface area contributed by atoms with Crippen molar-refractivity contribution in [3.8, 4) is 0 Å². The van der Waals surface area contributed by atoms with Crippen molar-refractivity contribution in [2.24, 2.45) is 9.98 Å². The molecule has 0 bridgehead atoms. The lowest BCUT2D eigenvalue weighted by Gasteiger charge is -2.24. The maximum absolute atomic E-state index is 4.82. The molecule has 0 N–H and O–H groups in total. The Balaban J connectivity index is 1.43. The second-order valence-electron chi connectivity index (χ2n) is 7.85. The van der Waals surface area contributed by atoms with E-state index in [-0.39, 0.29) is 0 Å². The summed E-state index contributed by atoms with van der Waals surface area (Å²) in [6.45, 7) is 2.77. The second-order valence-corrected chi connectivity index (χ2v) is 7.85. The van der Waals surface area contributed by atoms with E-state index in [1.54, 1.807) is 0 Å². The molecule has 136 valence electrons. The van der Waals surface area contributed by atoms with Gasteiger partial charge in [-0.2, -0.15) is 0 Å². The number of nitrogens with zero attached hydrogens (tertiary/aromatic N) is 3. The highest BCUT2D eigenvalue weighted by atomic mass is 15.0. The first-order valence-corrected chi connectivity index (χ1v) is 10.1. The Bertz CT molecular complexity index is 1030. The van der Waals surface area contributed by atoms with E-state index < -0.39 is 0 Å². The monoisotopic (exact) mass is 355 g/mol. The Morgan fingerprint density at radius 1 is 0.889 bits per heavy atom. The highest BCUT2D eigenvalue weighted by Crippen LogP contribution is 2.32. The van der Waals surface area contributed by atoms with Gasteiger partial charge in [-0.15, -0.1) is 0 Å². The van der Waals surface area contributed by atoms with Gasteiger partial charge in [0.05, 0.1) is 12.3 Å². The van der Waals surface area contributed by atoms with Crippen molar-refractivity contribution in [1.29, 1.82) is 0 Å². The van der Waals surface area contributed by atoms with Crippen LogP contribution in [0.5, 0.6) is 0 Å². The number of aryl methyl sites for hydroxylation is 1. The van der Waals surface area contributed by atoms with E-state index in [4.69, 9.17) is 4.99 Å². The molecule has 1 aromatic heterocycles. The highest BCUT2D eigenvalue weighted by molar-refractivity contribution is 6.17. The lowest BCUT2D eigenvalue weighted by atomic mass is 9.95. The molecule has 0 spiro atoms. The third-order valence-electron chi connectivity index (χ3n) is 5.95. The smallest absolute Gasteiger partial charge is 0.155 e. The molecule has 0 radical (unpaired) electrons. The fourth-order valence-corrected chi connectivity index (χ4v) is 4.38. The number of rotatable bonds is 3. The van der Waals surface area contributed by atoms with Gasteiger partial charge in [0, 0.05) is 28.7 Å². The summed E-state index contributed by atoms with van der Waals surface area (Å²) in [7, 11) is 0. The Kier molecular flexibility index (Phi) is 4.16.